The van der Waals surface area contributed by atoms with Crippen LogP contribution < -0.4 is 9.47 Å². The predicted octanol–water partition coefficient (Wildman–Crippen LogP) is 5.50. The van der Waals surface area contributed by atoms with Gasteiger partial charge in [-0.15, -0.1) is 0 Å². The molecule has 0 N–H and O–H groups in total. The fourth-order valence-electron chi connectivity index (χ4n) is 3.15. The summed E-state index contributed by atoms with van der Waals surface area (Å²) in [5.74, 6) is 1.56. The van der Waals surface area contributed by atoms with Crippen molar-refractivity contribution in [3.8, 4) is 11.5 Å². The van der Waals surface area contributed by atoms with Crippen molar-refractivity contribution in [2.45, 2.75) is 20.5 Å². The molecular weight excluding hydrogens is 336 g/mol. The van der Waals surface area contributed by atoms with Crippen molar-refractivity contribution >= 4 is 11.9 Å². The minimum atomic E-state index is -0.0950. The number of Topliss-reactive ketones (excluding diaryl/α,β-unsaturated/α-hetero) is 1. The average Bonchev–Trinajstić information content (AvgIpc) is 3.00. The van der Waals surface area contributed by atoms with Crippen molar-refractivity contribution in [1.29, 1.82) is 0 Å². The van der Waals surface area contributed by atoms with Crippen molar-refractivity contribution in [2.75, 3.05) is 0 Å². The van der Waals surface area contributed by atoms with Crippen LogP contribution in [0.2, 0.25) is 0 Å². The molecular formula is C24H20O3. The number of ether oxygens (including phenoxy) is 2. The molecule has 1 aliphatic rings. The van der Waals surface area contributed by atoms with Crippen molar-refractivity contribution in [2.24, 2.45) is 0 Å². The highest BCUT2D eigenvalue weighted by molar-refractivity contribution is 6.14. The van der Waals surface area contributed by atoms with Crippen LogP contribution in [-0.2, 0) is 6.61 Å². The van der Waals surface area contributed by atoms with Crippen LogP contribution in [0.4, 0.5) is 0 Å². The van der Waals surface area contributed by atoms with Crippen LogP contribution in [0, 0.1) is 13.8 Å². The van der Waals surface area contributed by atoms with Crippen LogP contribution >= 0.6 is 0 Å². The Morgan fingerprint density at radius 1 is 0.926 bits per heavy atom. The topological polar surface area (TPSA) is 35.5 Å². The molecule has 3 heteroatoms. The molecule has 0 saturated carbocycles. The number of carbonyl (C=O) groups excluding carboxylic acids is 1. The van der Waals surface area contributed by atoms with Gasteiger partial charge in [-0.3, -0.25) is 4.79 Å². The summed E-state index contributed by atoms with van der Waals surface area (Å²) in [7, 11) is 0. The van der Waals surface area contributed by atoms with Crippen LogP contribution in [-0.4, -0.2) is 5.78 Å². The lowest BCUT2D eigenvalue weighted by Crippen LogP contribution is -2.00. The zero-order valence-electron chi connectivity index (χ0n) is 15.4. The molecule has 1 heterocycles. The SMILES string of the molecule is Cc1ccccc1COc1ccc2c(c1C)O/C(=C\c1ccccc1)C2=O. The lowest BCUT2D eigenvalue weighted by molar-refractivity contribution is 0.101. The highest BCUT2D eigenvalue weighted by atomic mass is 16.5. The van der Waals surface area contributed by atoms with E-state index in [9.17, 15) is 4.79 Å². The van der Waals surface area contributed by atoms with Crippen molar-refractivity contribution in [1.82, 2.24) is 0 Å². The first kappa shape index (κ1) is 17.1. The van der Waals surface area contributed by atoms with E-state index in [2.05, 4.69) is 19.1 Å². The minimum absolute atomic E-state index is 0.0950. The number of carbonyl (C=O) groups is 1. The molecule has 0 unspecified atom stereocenters. The Balaban J connectivity index is 1.59. The Bertz CT molecular complexity index is 1030. The van der Waals surface area contributed by atoms with E-state index in [4.69, 9.17) is 9.47 Å². The van der Waals surface area contributed by atoms with E-state index in [0.29, 0.717) is 23.7 Å². The zero-order chi connectivity index (χ0) is 18.8. The maximum absolute atomic E-state index is 12.7. The van der Waals surface area contributed by atoms with E-state index < -0.39 is 0 Å². The highest BCUT2D eigenvalue weighted by Crippen LogP contribution is 2.39. The molecule has 0 fully saturated rings. The molecule has 0 spiro atoms. The predicted molar refractivity (Wildman–Crippen MR) is 106 cm³/mol. The fraction of sp³-hybridized carbons (Fsp3) is 0.125. The van der Waals surface area contributed by atoms with Gasteiger partial charge in [-0.05, 0) is 48.7 Å². The van der Waals surface area contributed by atoms with Gasteiger partial charge in [0.1, 0.15) is 18.1 Å². The standard InChI is InChI=1S/C24H20O3/c1-16-8-6-7-11-19(16)15-26-21-13-12-20-23(25)22(27-24(20)17(21)2)14-18-9-4-3-5-10-18/h3-14H,15H2,1-2H3/b22-14-. The maximum atomic E-state index is 12.7. The third-order valence-corrected chi connectivity index (χ3v) is 4.78. The van der Waals surface area contributed by atoms with Gasteiger partial charge in [0.2, 0.25) is 5.78 Å². The van der Waals surface area contributed by atoms with E-state index in [1.165, 1.54) is 5.56 Å². The number of allylic oxidation sites excluding steroid dienone is 1. The molecule has 0 aliphatic carbocycles. The molecule has 3 aromatic rings. The summed E-state index contributed by atoms with van der Waals surface area (Å²) in [6.45, 7) is 4.47. The first-order valence-corrected chi connectivity index (χ1v) is 8.93. The molecule has 27 heavy (non-hydrogen) atoms. The second-order valence-electron chi connectivity index (χ2n) is 6.63. The van der Waals surface area contributed by atoms with Gasteiger partial charge in [0.25, 0.3) is 0 Å². The van der Waals surface area contributed by atoms with Gasteiger partial charge in [-0.25, -0.2) is 0 Å². The van der Waals surface area contributed by atoms with Crippen molar-refractivity contribution in [3.63, 3.8) is 0 Å². The fourth-order valence-corrected chi connectivity index (χ4v) is 3.15. The molecule has 0 saturated heterocycles. The van der Waals surface area contributed by atoms with Crippen LogP contribution in [0.1, 0.15) is 32.6 Å². The second kappa shape index (κ2) is 7.12. The lowest BCUT2D eigenvalue weighted by atomic mass is 10.1. The molecule has 0 atom stereocenters. The normalized spacial score (nSPS) is 14.1. The first-order chi connectivity index (χ1) is 13.1. The first-order valence-electron chi connectivity index (χ1n) is 8.93. The van der Waals surface area contributed by atoms with Crippen LogP contribution in [0.15, 0.2) is 72.5 Å². The quantitative estimate of drug-likeness (QED) is 0.579. The smallest absolute Gasteiger partial charge is 0.231 e. The van der Waals surface area contributed by atoms with Crippen LogP contribution in [0.25, 0.3) is 6.08 Å². The van der Waals surface area contributed by atoms with Crippen LogP contribution in [0.5, 0.6) is 11.5 Å². The van der Waals surface area contributed by atoms with Gasteiger partial charge >= 0.3 is 0 Å². The van der Waals surface area contributed by atoms with Gasteiger partial charge in [0.15, 0.2) is 5.76 Å². The van der Waals surface area contributed by atoms with Gasteiger partial charge in [0, 0.05) is 5.56 Å². The molecule has 3 aromatic carbocycles. The third-order valence-electron chi connectivity index (χ3n) is 4.78. The molecule has 0 aromatic heterocycles. The summed E-state index contributed by atoms with van der Waals surface area (Å²) >= 11 is 0. The molecule has 0 radical (unpaired) electrons. The van der Waals surface area contributed by atoms with E-state index >= 15 is 0 Å². The molecule has 0 bridgehead atoms. The number of rotatable bonds is 4. The molecule has 0 amide bonds. The summed E-state index contributed by atoms with van der Waals surface area (Å²) in [5.41, 5.74) is 4.68. The van der Waals surface area contributed by atoms with E-state index in [0.717, 1.165) is 22.4 Å². The summed E-state index contributed by atoms with van der Waals surface area (Å²) in [6, 6.07) is 21.5. The van der Waals surface area contributed by atoms with Crippen molar-refractivity contribution in [3.05, 3.63) is 100 Å². The summed E-state index contributed by atoms with van der Waals surface area (Å²) < 4.78 is 11.9. The number of ketones is 1. The summed E-state index contributed by atoms with van der Waals surface area (Å²) in [5, 5.41) is 0. The number of hydrogen-bond acceptors (Lipinski definition) is 3. The van der Waals surface area contributed by atoms with Crippen molar-refractivity contribution < 1.29 is 14.3 Å². The van der Waals surface area contributed by atoms with Gasteiger partial charge in [-0.2, -0.15) is 0 Å². The zero-order valence-corrected chi connectivity index (χ0v) is 15.4. The Morgan fingerprint density at radius 3 is 2.44 bits per heavy atom. The van der Waals surface area contributed by atoms with Gasteiger partial charge < -0.3 is 9.47 Å². The Hall–Kier alpha value is -3.33. The van der Waals surface area contributed by atoms with Crippen LogP contribution in [0.3, 0.4) is 0 Å². The summed E-state index contributed by atoms with van der Waals surface area (Å²) in [4.78, 5) is 12.7. The molecule has 3 nitrogen and oxygen atoms in total. The average molecular weight is 356 g/mol. The maximum Gasteiger partial charge on any atom is 0.231 e. The number of benzene rings is 3. The number of aryl methyl sites for hydroxylation is 1. The Labute approximate surface area is 158 Å². The van der Waals surface area contributed by atoms with E-state index in [1.807, 2.05) is 55.5 Å². The largest absolute Gasteiger partial charge is 0.488 e. The van der Waals surface area contributed by atoms with Gasteiger partial charge in [-0.1, -0.05) is 54.6 Å². The van der Waals surface area contributed by atoms with Gasteiger partial charge in [0.05, 0.1) is 5.56 Å². The molecule has 4 rings (SSSR count). The lowest BCUT2D eigenvalue weighted by Gasteiger charge is -2.12. The highest BCUT2D eigenvalue weighted by Gasteiger charge is 2.30. The minimum Gasteiger partial charge on any atom is -0.488 e. The third kappa shape index (κ3) is 3.36. The number of fused-ring (bicyclic) bond motifs is 1. The van der Waals surface area contributed by atoms with E-state index in [-0.39, 0.29) is 5.78 Å². The monoisotopic (exact) mass is 356 g/mol. The second-order valence-corrected chi connectivity index (χ2v) is 6.63. The Kier molecular flexibility index (Phi) is 4.51. The number of hydrogen-bond donors (Lipinski definition) is 0. The van der Waals surface area contributed by atoms with E-state index in [1.54, 1.807) is 12.1 Å². The molecule has 134 valence electrons. The summed E-state index contributed by atoms with van der Waals surface area (Å²) in [6.07, 6.45) is 1.77. The molecule has 1 aliphatic heterocycles. The Morgan fingerprint density at radius 2 is 1.67 bits per heavy atom.